The summed E-state index contributed by atoms with van der Waals surface area (Å²) in [6.45, 7) is 1.90. The molecule has 0 bridgehead atoms. The van der Waals surface area contributed by atoms with Gasteiger partial charge in [0.2, 0.25) is 0 Å². The molecule has 3 rings (SSSR count). The lowest BCUT2D eigenvalue weighted by Crippen LogP contribution is -2.39. The Morgan fingerprint density at radius 2 is 1.95 bits per heavy atom. The number of nitrogens with zero attached hydrogens (tertiary/aromatic N) is 2. The van der Waals surface area contributed by atoms with Crippen LogP contribution in [0, 0.1) is 0 Å². The van der Waals surface area contributed by atoms with E-state index in [1.807, 2.05) is 12.1 Å². The second-order valence-electron chi connectivity index (χ2n) is 5.30. The highest BCUT2D eigenvalue weighted by molar-refractivity contribution is 5.49. The second-order valence-corrected chi connectivity index (χ2v) is 5.30. The van der Waals surface area contributed by atoms with E-state index in [-0.39, 0.29) is 5.75 Å². The van der Waals surface area contributed by atoms with Crippen molar-refractivity contribution in [1.82, 2.24) is 5.16 Å². The van der Waals surface area contributed by atoms with E-state index in [9.17, 15) is 5.11 Å². The van der Waals surface area contributed by atoms with Gasteiger partial charge in [-0.25, -0.2) is 0 Å². The summed E-state index contributed by atoms with van der Waals surface area (Å²) in [5.41, 5.74) is 8.09. The molecule has 2 aromatic rings. The fraction of sp³-hybridized carbons (Fsp3) is 0.400. The Bertz CT molecular complexity index is 557. The number of phenols is 1. The molecule has 1 aromatic carbocycles. The van der Waals surface area contributed by atoms with Crippen molar-refractivity contribution in [2.45, 2.75) is 25.3 Å². The molecule has 1 aromatic heterocycles. The molecule has 0 radical (unpaired) electrons. The monoisotopic (exact) mass is 273 g/mol. The molecule has 3 N–H and O–H groups in total. The number of anilines is 1. The molecule has 20 heavy (non-hydrogen) atoms. The second kappa shape index (κ2) is 5.54. The third kappa shape index (κ3) is 2.77. The van der Waals surface area contributed by atoms with E-state index < -0.39 is 0 Å². The van der Waals surface area contributed by atoms with Crippen molar-refractivity contribution in [3.63, 3.8) is 0 Å². The number of piperidine rings is 1. The predicted octanol–water partition coefficient (Wildman–Crippen LogP) is 1.90. The summed E-state index contributed by atoms with van der Waals surface area (Å²) in [6.07, 6.45) is 4.47. The molecule has 0 atom stereocenters. The minimum Gasteiger partial charge on any atom is -0.508 e. The molecule has 0 aliphatic carbocycles. The summed E-state index contributed by atoms with van der Waals surface area (Å²) >= 11 is 0. The Morgan fingerprint density at radius 1 is 1.25 bits per heavy atom. The fourth-order valence-electron chi connectivity index (χ4n) is 2.58. The van der Waals surface area contributed by atoms with Crippen LogP contribution in [-0.4, -0.2) is 29.4 Å². The number of benzene rings is 1. The zero-order valence-electron chi connectivity index (χ0n) is 11.3. The van der Waals surface area contributed by atoms with Gasteiger partial charge in [0.05, 0.1) is 6.20 Å². The highest BCUT2D eigenvalue weighted by Gasteiger charge is 2.21. The number of aromatic nitrogens is 1. The first-order chi connectivity index (χ1) is 9.72. The molecule has 5 nitrogen and oxygen atoms in total. The minimum atomic E-state index is 0.275. The molecule has 5 heteroatoms. The number of aromatic hydroxyl groups is 1. The van der Waals surface area contributed by atoms with Gasteiger partial charge in [-0.3, -0.25) is 0 Å². The molecule has 2 heterocycles. The van der Waals surface area contributed by atoms with Gasteiger partial charge < -0.3 is 20.3 Å². The minimum absolute atomic E-state index is 0.275. The van der Waals surface area contributed by atoms with Crippen molar-refractivity contribution < 1.29 is 9.63 Å². The lowest BCUT2D eigenvalue weighted by Gasteiger charge is -2.31. The van der Waals surface area contributed by atoms with Gasteiger partial charge in [-0.15, -0.1) is 0 Å². The van der Waals surface area contributed by atoms with Crippen molar-refractivity contribution in [2.75, 3.05) is 18.0 Å². The van der Waals surface area contributed by atoms with Crippen molar-refractivity contribution >= 4 is 5.69 Å². The van der Waals surface area contributed by atoms with Crippen LogP contribution in [0.2, 0.25) is 0 Å². The van der Waals surface area contributed by atoms with Gasteiger partial charge >= 0.3 is 0 Å². The lowest BCUT2D eigenvalue weighted by molar-refractivity contribution is 0.388. The van der Waals surface area contributed by atoms with E-state index in [4.69, 9.17) is 10.3 Å². The molecule has 0 saturated carbocycles. The summed E-state index contributed by atoms with van der Waals surface area (Å²) in [5.74, 6) is 1.14. The third-order valence-electron chi connectivity index (χ3n) is 3.80. The van der Waals surface area contributed by atoms with Crippen LogP contribution in [0.3, 0.4) is 0 Å². The van der Waals surface area contributed by atoms with Crippen LogP contribution in [0.15, 0.2) is 35.0 Å². The van der Waals surface area contributed by atoms with Gasteiger partial charge in [0.25, 0.3) is 0 Å². The topological polar surface area (TPSA) is 75.5 Å². The first kappa shape index (κ1) is 13.0. The quantitative estimate of drug-likeness (QED) is 0.893. The largest absolute Gasteiger partial charge is 0.508 e. The average molecular weight is 273 g/mol. The first-order valence-electron chi connectivity index (χ1n) is 6.94. The van der Waals surface area contributed by atoms with Crippen LogP contribution < -0.4 is 10.6 Å². The van der Waals surface area contributed by atoms with E-state index in [1.54, 1.807) is 18.3 Å². The molecule has 1 aliphatic rings. The van der Waals surface area contributed by atoms with Crippen LogP contribution in [0.25, 0.3) is 0 Å². The van der Waals surface area contributed by atoms with Crippen molar-refractivity contribution in [2.24, 2.45) is 5.73 Å². The number of rotatable bonds is 3. The van der Waals surface area contributed by atoms with Crippen LogP contribution >= 0.6 is 0 Å². The Kier molecular flexibility index (Phi) is 3.60. The summed E-state index contributed by atoms with van der Waals surface area (Å²) < 4.78 is 5.39. The maximum absolute atomic E-state index is 9.31. The summed E-state index contributed by atoms with van der Waals surface area (Å²) in [4.78, 5) is 2.29. The fourth-order valence-corrected chi connectivity index (χ4v) is 2.58. The summed E-state index contributed by atoms with van der Waals surface area (Å²) in [5, 5.41) is 13.2. The SMILES string of the molecule is NC1CCN(c2cnoc2Cc2ccc(O)cc2)CC1. The van der Waals surface area contributed by atoms with E-state index in [1.165, 1.54) is 0 Å². The van der Waals surface area contributed by atoms with Gasteiger partial charge in [0.15, 0.2) is 5.76 Å². The number of hydrogen-bond donors (Lipinski definition) is 2. The molecule has 0 spiro atoms. The van der Waals surface area contributed by atoms with Gasteiger partial charge in [-0.2, -0.15) is 0 Å². The van der Waals surface area contributed by atoms with Gasteiger partial charge in [0, 0.05) is 25.6 Å². The maximum atomic E-state index is 9.31. The number of hydrogen-bond acceptors (Lipinski definition) is 5. The van der Waals surface area contributed by atoms with E-state index in [2.05, 4.69) is 10.1 Å². The highest BCUT2D eigenvalue weighted by Crippen LogP contribution is 2.26. The number of nitrogens with two attached hydrogens (primary N) is 1. The number of phenolic OH excluding ortho intramolecular Hbond substituents is 1. The zero-order valence-corrected chi connectivity index (χ0v) is 11.3. The molecule has 1 saturated heterocycles. The third-order valence-corrected chi connectivity index (χ3v) is 3.80. The molecule has 1 aliphatic heterocycles. The molecule has 106 valence electrons. The summed E-state index contributed by atoms with van der Waals surface area (Å²) in [7, 11) is 0. The Labute approximate surface area is 118 Å². The van der Waals surface area contributed by atoms with E-state index >= 15 is 0 Å². The smallest absolute Gasteiger partial charge is 0.164 e. The molecular weight excluding hydrogens is 254 g/mol. The highest BCUT2D eigenvalue weighted by atomic mass is 16.5. The Morgan fingerprint density at radius 3 is 2.65 bits per heavy atom. The molecule has 1 fully saturated rings. The van der Waals surface area contributed by atoms with Gasteiger partial charge in [-0.05, 0) is 30.5 Å². The standard InChI is InChI=1S/C15H19N3O2/c16-12-5-7-18(8-6-12)14-10-17-20-15(14)9-11-1-3-13(19)4-2-11/h1-4,10,12,19H,5-9,16H2. The Hall–Kier alpha value is -2.01. The molecule has 0 amide bonds. The molecular formula is C15H19N3O2. The van der Waals surface area contributed by atoms with E-state index in [0.29, 0.717) is 12.5 Å². The predicted molar refractivity (Wildman–Crippen MR) is 76.8 cm³/mol. The van der Waals surface area contributed by atoms with Crippen molar-refractivity contribution in [1.29, 1.82) is 0 Å². The zero-order chi connectivity index (χ0) is 13.9. The first-order valence-corrected chi connectivity index (χ1v) is 6.94. The Balaban J connectivity index is 1.74. The van der Waals surface area contributed by atoms with Crippen molar-refractivity contribution in [3.8, 4) is 5.75 Å². The normalized spacial score (nSPS) is 16.6. The average Bonchev–Trinajstić information content (AvgIpc) is 2.90. The van der Waals surface area contributed by atoms with Crippen LogP contribution in [0.4, 0.5) is 5.69 Å². The lowest BCUT2D eigenvalue weighted by atomic mass is 10.0. The van der Waals surface area contributed by atoms with Crippen LogP contribution in [-0.2, 0) is 6.42 Å². The van der Waals surface area contributed by atoms with Crippen LogP contribution in [0.1, 0.15) is 24.2 Å². The van der Waals surface area contributed by atoms with Crippen LogP contribution in [0.5, 0.6) is 5.75 Å². The maximum Gasteiger partial charge on any atom is 0.164 e. The van der Waals surface area contributed by atoms with Crippen molar-refractivity contribution in [3.05, 3.63) is 41.8 Å². The van der Waals surface area contributed by atoms with Gasteiger partial charge in [-0.1, -0.05) is 17.3 Å². The van der Waals surface area contributed by atoms with Gasteiger partial charge in [0.1, 0.15) is 11.4 Å². The van der Waals surface area contributed by atoms with E-state index in [0.717, 1.165) is 42.9 Å². The molecule has 0 unspecified atom stereocenters. The summed E-state index contributed by atoms with van der Waals surface area (Å²) in [6, 6.07) is 7.48.